The number of hydrazone groups is 1. The first-order valence-electron chi connectivity index (χ1n) is 6.48. The van der Waals surface area contributed by atoms with E-state index in [1.165, 1.54) is 17.3 Å². The molecule has 0 heterocycles. The third-order valence-corrected chi connectivity index (χ3v) is 2.98. The summed E-state index contributed by atoms with van der Waals surface area (Å²) in [4.78, 5) is 10.5. The number of hydrogen-bond acceptors (Lipinski definition) is 3. The fourth-order valence-corrected chi connectivity index (χ4v) is 1.71. The van der Waals surface area contributed by atoms with E-state index < -0.39 is 6.03 Å². The number of carbonyl (C=O) groups is 1. The lowest BCUT2D eigenvalue weighted by Crippen LogP contribution is -2.24. The summed E-state index contributed by atoms with van der Waals surface area (Å²) in [6.07, 6.45) is 1.50. The molecule has 21 heavy (non-hydrogen) atoms. The minimum absolute atomic E-state index is 0.694. The average molecular weight is 283 g/mol. The van der Waals surface area contributed by atoms with Gasteiger partial charge in [-0.05, 0) is 66.9 Å². The van der Waals surface area contributed by atoms with Gasteiger partial charge >= 0.3 is 6.03 Å². The first kappa shape index (κ1) is 14.6. The molecule has 5 nitrogen and oxygen atoms in total. The van der Waals surface area contributed by atoms with Gasteiger partial charge in [-0.25, -0.2) is 10.2 Å². The molecule has 0 aliphatic heterocycles. The lowest BCUT2D eigenvalue weighted by Gasteiger charge is -2.08. The molecule has 0 unspecified atom stereocenters. The molecule has 0 aliphatic carbocycles. The maximum absolute atomic E-state index is 10.5. The van der Waals surface area contributed by atoms with Crippen molar-refractivity contribution in [3.05, 3.63) is 59.2 Å². The summed E-state index contributed by atoms with van der Waals surface area (Å²) in [5.74, 6) is 1.54. The van der Waals surface area contributed by atoms with Crippen LogP contribution in [-0.4, -0.2) is 12.2 Å². The van der Waals surface area contributed by atoms with Gasteiger partial charge in [-0.1, -0.05) is 6.07 Å². The third-order valence-electron chi connectivity index (χ3n) is 2.98. The quantitative estimate of drug-likeness (QED) is 0.668. The number of hydrogen-bond donors (Lipinski definition) is 2. The van der Waals surface area contributed by atoms with E-state index in [2.05, 4.69) is 17.5 Å². The highest BCUT2D eigenvalue weighted by atomic mass is 16.5. The Bertz CT molecular complexity index is 664. The molecule has 0 saturated heterocycles. The van der Waals surface area contributed by atoms with Crippen molar-refractivity contribution in [2.75, 3.05) is 0 Å². The molecule has 108 valence electrons. The molecule has 0 radical (unpaired) electrons. The van der Waals surface area contributed by atoms with Crippen LogP contribution in [0.15, 0.2) is 47.6 Å². The van der Waals surface area contributed by atoms with Crippen LogP contribution in [0, 0.1) is 13.8 Å². The van der Waals surface area contributed by atoms with E-state index in [4.69, 9.17) is 10.5 Å². The molecule has 0 saturated carbocycles. The van der Waals surface area contributed by atoms with Crippen molar-refractivity contribution in [1.29, 1.82) is 0 Å². The van der Waals surface area contributed by atoms with Gasteiger partial charge in [0, 0.05) is 0 Å². The fraction of sp³-hybridized carbons (Fsp3) is 0.125. The molecule has 0 aromatic heterocycles. The first-order valence-corrected chi connectivity index (χ1v) is 6.48. The number of benzene rings is 2. The van der Waals surface area contributed by atoms with Crippen molar-refractivity contribution in [1.82, 2.24) is 5.43 Å². The molecule has 3 N–H and O–H groups in total. The molecule has 0 aliphatic rings. The number of aryl methyl sites for hydroxylation is 2. The molecular weight excluding hydrogens is 266 g/mol. The second kappa shape index (κ2) is 6.56. The molecule has 2 rings (SSSR count). The Kier molecular flexibility index (Phi) is 4.56. The summed E-state index contributed by atoms with van der Waals surface area (Å²) in [5.41, 5.74) is 10.3. The SMILES string of the molecule is Cc1ccc(Oc2ccc(/C=N/NC(N)=O)cc2)cc1C. The predicted molar refractivity (Wildman–Crippen MR) is 82.7 cm³/mol. The predicted octanol–water partition coefficient (Wildman–Crippen LogP) is 3.10. The zero-order valence-electron chi connectivity index (χ0n) is 12.0. The van der Waals surface area contributed by atoms with Crippen LogP contribution in [0.25, 0.3) is 0 Å². The minimum atomic E-state index is -0.694. The monoisotopic (exact) mass is 283 g/mol. The lowest BCUT2D eigenvalue weighted by molar-refractivity contribution is 0.249. The number of nitrogens with one attached hydrogen (secondary N) is 1. The summed E-state index contributed by atoms with van der Waals surface area (Å²) in [6, 6.07) is 12.6. The largest absolute Gasteiger partial charge is 0.457 e. The molecule has 0 fully saturated rings. The molecule has 2 amide bonds. The number of ether oxygens (including phenoxy) is 1. The normalized spacial score (nSPS) is 10.6. The van der Waals surface area contributed by atoms with Gasteiger partial charge in [-0.15, -0.1) is 0 Å². The molecule has 5 heteroatoms. The van der Waals surface area contributed by atoms with Gasteiger partial charge in [-0.3, -0.25) is 0 Å². The highest BCUT2D eigenvalue weighted by Gasteiger charge is 1.99. The van der Waals surface area contributed by atoms with Crippen LogP contribution in [0.2, 0.25) is 0 Å². The zero-order chi connectivity index (χ0) is 15.2. The van der Waals surface area contributed by atoms with Gasteiger partial charge in [0.25, 0.3) is 0 Å². The Morgan fingerprint density at radius 3 is 2.38 bits per heavy atom. The maximum atomic E-state index is 10.5. The Morgan fingerprint density at radius 1 is 1.10 bits per heavy atom. The van der Waals surface area contributed by atoms with Gasteiger partial charge in [0.05, 0.1) is 6.21 Å². The summed E-state index contributed by atoms with van der Waals surface area (Å²) < 4.78 is 5.78. The summed E-state index contributed by atoms with van der Waals surface area (Å²) >= 11 is 0. The number of nitrogens with zero attached hydrogens (tertiary/aromatic N) is 1. The minimum Gasteiger partial charge on any atom is -0.457 e. The third kappa shape index (κ3) is 4.35. The van der Waals surface area contributed by atoms with Crippen molar-refractivity contribution in [3.8, 4) is 11.5 Å². The number of urea groups is 1. The Morgan fingerprint density at radius 2 is 1.76 bits per heavy atom. The smallest absolute Gasteiger partial charge is 0.332 e. The molecule has 0 bridgehead atoms. The van der Waals surface area contributed by atoms with E-state index in [0.717, 1.165) is 17.1 Å². The average Bonchev–Trinajstić information content (AvgIpc) is 2.44. The molecule has 0 spiro atoms. The lowest BCUT2D eigenvalue weighted by atomic mass is 10.1. The van der Waals surface area contributed by atoms with E-state index in [0.29, 0.717) is 0 Å². The van der Waals surface area contributed by atoms with Crippen molar-refractivity contribution in [3.63, 3.8) is 0 Å². The van der Waals surface area contributed by atoms with E-state index >= 15 is 0 Å². The van der Waals surface area contributed by atoms with E-state index in [9.17, 15) is 4.79 Å². The molecular formula is C16H17N3O2. The van der Waals surface area contributed by atoms with Crippen molar-refractivity contribution < 1.29 is 9.53 Å². The van der Waals surface area contributed by atoms with Crippen molar-refractivity contribution in [2.45, 2.75) is 13.8 Å². The van der Waals surface area contributed by atoms with Gasteiger partial charge < -0.3 is 10.5 Å². The number of rotatable bonds is 4. The van der Waals surface area contributed by atoms with Crippen LogP contribution >= 0.6 is 0 Å². The Labute approximate surface area is 123 Å². The molecule has 2 aromatic carbocycles. The first-order chi connectivity index (χ1) is 10.0. The zero-order valence-corrected chi connectivity index (χ0v) is 12.0. The summed E-state index contributed by atoms with van der Waals surface area (Å²) in [7, 11) is 0. The summed E-state index contributed by atoms with van der Waals surface area (Å²) in [5, 5.41) is 3.69. The van der Waals surface area contributed by atoms with E-state index in [-0.39, 0.29) is 0 Å². The standard InChI is InChI=1S/C16H17N3O2/c1-11-3-6-15(9-12(11)2)21-14-7-4-13(5-8-14)10-18-19-16(17)20/h3-10H,1-2H3,(H3,17,19,20)/b18-10+. The fourth-order valence-electron chi connectivity index (χ4n) is 1.71. The number of amides is 2. The van der Waals surface area contributed by atoms with E-state index in [1.54, 1.807) is 0 Å². The van der Waals surface area contributed by atoms with Crippen LogP contribution in [0.5, 0.6) is 11.5 Å². The van der Waals surface area contributed by atoms with Gasteiger partial charge in [0.1, 0.15) is 11.5 Å². The second-order valence-corrected chi connectivity index (χ2v) is 4.65. The van der Waals surface area contributed by atoms with Crippen LogP contribution in [0.1, 0.15) is 16.7 Å². The van der Waals surface area contributed by atoms with E-state index in [1.807, 2.05) is 49.4 Å². The van der Waals surface area contributed by atoms with Crippen LogP contribution < -0.4 is 15.9 Å². The van der Waals surface area contributed by atoms with Crippen LogP contribution in [0.4, 0.5) is 4.79 Å². The highest BCUT2D eigenvalue weighted by Crippen LogP contribution is 2.23. The Hall–Kier alpha value is -2.82. The number of carbonyl (C=O) groups excluding carboxylic acids is 1. The van der Waals surface area contributed by atoms with Gasteiger partial charge in [-0.2, -0.15) is 5.10 Å². The highest BCUT2D eigenvalue weighted by molar-refractivity contribution is 5.81. The molecule has 2 aromatic rings. The summed E-state index contributed by atoms with van der Waals surface area (Å²) in [6.45, 7) is 4.11. The van der Waals surface area contributed by atoms with Crippen LogP contribution in [-0.2, 0) is 0 Å². The number of nitrogens with two attached hydrogens (primary N) is 1. The molecule has 0 atom stereocenters. The van der Waals surface area contributed by atoms with Crippen molar-refractivity contribution >= 4 is 12.2 Å². The van der Waals surface area contributed by atoms with Gasteiger partial charge in [0.2, 0.25) is 0 Å². The number of primary amides is 1. The van der Waals surface area contributed by atoms with Gasteiger partial charge in [0.15, 0.2) is 0 Å². The Balaban J connectivity index is 2.03. The maximum Gasteiger partial charge on any atom is 0.332 e. The van der Waals surface area contributed by atoms with Crippen LogP contribution in [0.3, 0.4) is 0 Å². The van der Waals surface area contributed by atoms with Crippen molar-refractivity contribution in [2.24, 2.45) is 10.8 Å². The topological polar surface area (TPSA) is 76.7 Å². The second-order valence-electron chi connectivity index (χ2n) is 4.65.